The van der Waals surface area contributed by atoms with Crippen molar-refractivity contribution < 1.29 is 14.3 Å². The van der Waals surface area contributed by atoms with Crippen molar-refractivity contribution in [2.45, 2.75) is 18.4 Å². The molecule has 2 aliphatic rings. The monoisotopic (exact) mass is 425 g/mol. The number of nitrogens with zero attached hydrogens (tertiary/aromatic N) is 2. The van der Waals surface area contributed by atoms with Crippen LogP contribution in [0, 0.1) is 0 Å². The van der Waals surface area contributed by atoms with Gasteiger partial charge in [0.05, 0.1) is 23.7 Å². The first-order valence-electron chi connectivity index (χ1n) is 10.9. The van der Waals surface area contributed by atoms with Crippen LogP contribution in [0.15, 0.2) is 66.7 Å². The van der Waals surface area contributed by atoms with Crippen molar-refractivity contribution in [2.75, 3.05) is 25.1 Å². The Hall–Kier alpha value is -3.80. The number of aromatic nitrogens is 2. The maximum absolute atomic E-state index is 12.3. The first kappa shape index (κ1) is 18.9. The lowest BCUT2D eigenvalue weighted by Crippen LogP contribution is -2.43. The third kappa shape index (κ3) is 2.94. The number of anilines is 1. The summed E-state index contributed by atoms with van der Waals surface area (Å²) < 4.78 is 11.2. The summed E-state index contributed by atoms with van der Waals surface area (Å²) in [5.74, 6) is 1.49. The molecule has 3 heterocycles. The number of imidazole rings is 1. The Morgan fingerprint density at radius 1 is 1.00 bits per heavy atom. The number of methoxy groups -OCH3 is 1. The summed E-state index contributed by atoms with van der Waals surface area (Å²) in [7, 11) is 1.68. The van der Waals surface area contributed by atoms with E-state index in [4.69, 9.17) is 14.5 Å². The predicted octanol–water partition coefficient (Wildman–Crippen LogP) is 4.90. The van der Waals surface area contributed by atoms with Crippen molar-refractivity contribution >= 4 is 23.0 Å². The lowest BCUT2D eigenvalue weighted by Gasteiger charge is -2.38. The van der Waals surface area contributed by atoms with Crippen LogP contribution >= 0.6 is 0 Å². The minimum absolute atomic E-state index is 0.206. The van der Waals surface area contributed by atoms with Gasteiger partial charge in [-0.1, -0.05) is 36.4 Å². The summed E-state index contributed by atoms with van der Waals surface area (Å²) in [6, 6.07) is 22.1. The zero-order valence-electron chi connectivity index (χ0n) is 17.8. The molecule has 6 heteroatoms. The SMILES string of the molecule is COc1cccc(-c2ccc3[nH]c(N4CCC5(CC4)OC(=O)c4ccccc45)nc3c2)c1. The Morgan fingerprint density at radius 3 is 2.66 bits per heavy atom. The second-order valence-electron chi connectivity index (χ2n) is 8.44. The molecule has 6 rings (SSSR count). The zero-order valence-corrected chi connectivity index (χ0v) is 17.8. The minimum atomic E-state index is -0.504. The fourth-order valence-electron chi connectivity index (χ4n) is 4.92. The number of carbonyl (C=O) groups excluding carboxylic acids is 1. The third-order valence-corrected chi connectivity index (χ3v) is 6.67. The summed E-state index contributed by atoms with van der Waals surface area (Å²) in [6.07, 6.45) is 1.50. The van der Waals surface area contributed by atoms with Gasteiger partial charge in [-0.3, -0.25) is 0 Å². The number of hydrogen-bond donors (Lipinski definition) is 1. The van der Waals surface area contributed by atoms with Gasteiger partial charge in [0.2, 0.25) is 5.95 Å². The van der Waals surface area contributed by atoms with E-state index in [1.165, 1.54) is 0 Å². The maximum Gasteiger partial charge on any atom is 0.339 e. The number of rotatable bonds is 3. The van der Waals surface area contributed by atoms with E-state index in [1.807, 2.05) is 42.5 Å². The van der Waals surface area contributed by atoms with E-state index in [1.54, 1.807) is 7.11 Å². The number of ether oxygens (including phenoxy) is 2. The Bertz CT molecular complexity index is 1340. The molecule has 1 spiro atoms. The second kappa shape index (κ2) is 7.12. The highest BCUT2D eigenvalue weighted by molar-refractivity contribution is 5.94. The predicted molar refractivity (Wildman–Crippen MR) is 123 cm³/mol. The molecule has 0 saturated carbocycles. The van der Waals surface area contributed by atoms with Crippen molar-refractivity contribution in [1.29, 1.82) is 0 Å². The molecule has 32 heavy (non-hydrogen) atoms. The molecule has 160 valence electrons. The van der Waals surface area contributed by atoms with Gasteiger partial charge in [-0.05, 0) is 41.5 Å². The molecule has 1 saturated heterocycles. The highest BCUT2D eigenvalue weighted by atomic mass is 16.6. The van der Waals surface area contributed by atoms with Crippen LogP contribution in [0.4, 0.5) is 5.95 Å². The van der Waals surface area contributed by atoms with Crippen LogP contribution in [-0.2, 0) is 10.3 Å². The number of fused-ring (bicyclic) bond motifs is 3. The van der Waals surface area contributed by atoms with E-state index in [-0.39, 0.29) is 5.97 Å². The summed E-state index contributed by atoms with van der Waals surface area (Å²) in [6.45, 7) is 1.54. The number of aromatic amines is 1. The fourth-order valence-corrected chi connectivity index (χ4v) is 4.92. The standard InChI is InChI=1S/C26H23N3O3/c1-31-19-6-4-5-17(15-19)18-9-10-22-23(16-18)28-25(27-22)29-13-11-26(12-14-29)21-8-3-2-7-20(21)24(30)32-26/h2-10,15-16H,11-14H2,1H3,(H,27,28). The van der Waals surface area contributed by atoms with Crippen LogP contribution in [0.25, 0.3) is 22.2 Å². The van der Waals surface area contributed by atoms with E-state index in [0.29, 0.717) is 5.56 Å². The number of hydrogen-bond acceptors (Lipinski definition) is 5. The molecule has 1 N–H and O–H groups in total. The second-order valence-corrected chi connectivity index (χ2v) is 8.44. The van der Waals surface area contributed by atoms with E-state index in [2.05, 4.69) is 34.1 Å². The normalized spacial score (nSPS) is 16.9. The van der Waals surface area contributed by atoms with Crippen molar-refractivity contribution in [1.82, 2.24) is 9.97 Å². The van der Waals surface area contributed by atoms with Crippen LogP contribution in [0.5, 0.6) is 5.75 Å². The van der Waals surface area contributed by atoms with Crippen LogP contribution in [-0.4, -0.2) is 36.1 Å². The average Bonchev–Trinajstić information content (AvgIpc) is 3.38. The number of H-pyrrole nitrogens is 1. The van der Waals surface area contributed by atoms with Gasteiger partial charge in [-0.15, -0.1) is 0 Å². The number of nitrogens with one attached hydrogen (secondary N) is 1. The maximum atomic E-state index is 12.3. The first-order valence-corrected chi connectivity index (χ1v) is 10.9. The van der Waals surface area contributed by atoms with Gasteiger partial charge < -0.3 is 19.4 Å². The van der Waals surface area contributed by atoms with Crippen LogP contribution in [0.1, 0.15) is 28.8 Å². The quantitative estimate of drug-likeness (QED) is 0.473. The molecular weight excluding hydrogens is 402 g/mol. The van der Waals surface area contributed by atoms with Crippen molar-refractivity contribution in [3.63, 3.8) is 0 Å². The number of piperidine rings is 1. The van der Waals surface area contributed by atoms with Crippen molar-refractivity contribution in [2.24, 2.45) is 0 Å². The van der Waals surface area contributed by atoms with E-state index >= 15 is 0 Å². The molecule has 4 aromatic rings. The van der Waals surface area contributed by atoms with E-state index < -0.39 is 5.60 Å². The Labute approximate surface area is 185 Å². The molecule has 0 bridgehead atoms. The summed E-state index contributed by atoms with van der Waals surface area (Å²) in [4.78, 5) is 22.9. The molecular formula is C26H23N3O3. The van der Waals surface area contributed by atoms with Crippen molar-refractivity contribution in [3.8, 4) is 16.9 Å². The Balaban J connectivity index is 1.25. The smallest absolute Gasteiger partial charge is 0.339 e. The van der Waals surface area contributed by atoms with Gasteiger partial charge in [0.25, 0.3) is 0 Å². The molecule has 0 radical (unpaired) electrons. The molecule has 1 aromatic heterocycles. The lowest BCUT2D eigenvalue weighted by atomic mass is 9.84. The van der Waals surface area contributed by atoms with Crippen LogP contribution < -0.4 is 9.64 Å². The van der Waals surface area contributed by atoms with Gasteiger partial charge in [0.1, 0.15) is 11.4 Å². The third-order valence-electron chi connectivity index (χ3n) is 6.67. The lowest BCUT2D eigenvalue weighted by molar-refractivity contribution is -0.0211. The molecule has 6 nitrogen and oxygen atoms in total. The van der Waals surface area contributed by atoms with E-state index in [9.17, 15) is 4.79 Å². The topological polar surface area (TPSA) is 67.4 Å². The fraction of sp³-hybridized carbons (Fsp3) is 0.231. The minimum Gasteiger partial charge on any atom is -0.497 e. The summed E-state index contributed by atoms with van der Waals surface area (Å²) in [5, 5.41) is 0. The molecule has 1 fully saturated rings. The van der Waals surface area contributed by atoms with Gasteiger partial charge in [-0.2, -0.15) is 0 Å². The number of esters is 1. The zero-order chi connectivity index (χ0) is 21.7. The Kier molecular flexibility index (Phi) is 4.21. The van der Waals surface area contributed by atoms with Gasteiger partial charge in [-0.25, -0.2) is 9.78 Å². The number of carbonyl (C=O) groups is 1. The van der Waals surface area contributed by atoms with Crippen LogP contribution in [0.2, 0.25) is 0 Å². The molecule has 3 aromatic carbocycles. The van der Waals surface area contributed by atoms with Gasteiger partial charge in [0, 0.05) is 31.5 Å². The molecule has 0 unspecified atom stereocenters. The number of benzene rings is 3. The van der Waals surface area contributed by atoms with Gasteiger partial charge in [0.15, 0.2) is 0 Å². The van der Waals surface area contributed by atoms with Gasteiger partial charge >= 0.3 is 5.97 Å². The summed E-state index contributed by atoms with van der Waals surface area (Å²) in [5.41, 5.74) is 5.35. The largest absolute Gasteiger partial charge is 0.497 e. The van der Waals surface area contributed by atoms with Crippen LogP contribution in [0.3, 0.4) is 0 Å². The molecule has 0 atom stereocenters. The highest BCUT2D eigenvalue weighted by Crippen LogP contribution is 2.44. The van der Waals surface area contributed by atoms with E-state index in [0.717, 1.165) is 65.4 Å². The molecule has 0 amide bonds. The molecule has 0 aliphatic carbocycles. The average molecular weight is 425 g/mol. The summed E-state index contributed by atoms with van der Waals surface area (Å²) >= 11 is 0. The van der Waals surface area contributed by atoms with Crippen molar-refractivity contribution in [3.05, 3.63) is 77.9 Å². The molecule has 2 aliphatic heterocycles. The highest BCUT2D eigenvalue weighted by Gasteiger charge is 2.47. The Morgan fingerprint density at radius 2 is 1.81 bits per heavy atom. The first-order chi connectivity index (χ1) is 15.6.